The van der Waals surface area contributed by atoms with Gasteiger partial charge in [-0.15, -0.1) is 11.8 Å². The molecule has 0 radical (unpaired) electrons. The van der Waals surface area contributed by atoms with Crippen LogP contribution in [0.3, 0.4) is 0 Å². The van der Waals surface area contributed by atoms with Crippen LogP contribution in [0.1, 0.15) is 39.5 Å². The van der Waals surface area contributed by atoms with Gasteiger partial charge < -0.3 is 11.1 Å². The number of anilines is 2. The molecule has 1 heterocycles. The van der Waals surface area contributed by atoms with Crippen LogP contribution >= 0.6 is 11.8 Å². The van der Waals surface area contributed by atoms with Crippen molar-refractivity contribution >= 4 is 23.5 Å². The Labute approximate surface area is 108 Å². The lowest BCUT2D eigenvalue weighted by atomic mass is 10.3. The van der Waals surface area contributed by atoms with Crippen LogP contribution in [0.2, 0.25) is 0 Å². The summed E-state index contributed by atoms with van der Waals surface area (Å²) in [5.74, 6) is 2.28. The van der Waals surface area contributed by atoms with Gasteiger partial charge in [-0.3, -0.25) is 0 Å². The molecule has 0 aliphatic heterocycles. The van der Waals surface area contributed by atoms with E-state index in [1.165, 1.54) is 19.3 Å². The summed E-state index contributed by atoms with van der Waals surface area (Å²) in [6.45, 7) is 5.24. The Hall–Kier alpha value is -0.970. The molecule has 4 nitrogen and oxygen atoms in total. The van der Waals surface area contributed by atoms with E-state index in [1.807, 2.05) is 6.07 Å². The molecule has 3 N–H and O–H groups in total. The molecule has 1 aromatic heterocycles. The predicted octanol–water partition coefficient (Wildman–Crippen LogP) is 3.16. The number of nitrogens with one attached hydrogen (secondary N) is 1. The summed E-state index contributed by atoms with van der Waals surface area (Å²) in [5, 5.41) is 4.20. The van der Waals surface area contributed by atoms with Gasteiger partial charge in [0, 0.05) is 12.6 Å². The van der Waals surface area contributed by atoms with Crippen LogP contribution in [-0.4, -0.2) is 22.3 Å². The zero-order chi connectivity index (χ0) is 12.5. The van der Waals surface area contributed by atoms with Gasteiger partial charge in [-0.1, -0.05) is 26.7 Å². The molecular weight excluding hydrogens is 232 g/mol. The monoisotopic (exact) mass is 254 g/mol. The number of hydrogen-bond donors (Lipinski definition) is 2. The second kappa shape index (κ2) is 8.17. The molecule has 1 aromatic rings. The van der Waals surface area contributed by atoms with E-state index < -0.39 is 0 Å². The van der Waals surface area contributed by atoms with Crippen molar-refractivity contribution in [1.82, 2.24) is 9.97 Å². The first-order valence-electron chi connectivity index (χ1n) is 6.27. The Kier molecular flexibility index (Phi) is 6.77. The SMILES string of the molecule is CCCCCSc1cc(NCCC)nc(N)n1. The number of nitrogen functional groups attached to an aromatic ring is 1. The smallest absolute Gasteiger partial charge is 0.223 e. The first kappa shape index (κ1) is 14.1. The van der Waals surface area contributed by atoms with E-state index in [1.54, 1.807) is 11.8 Å². The molecular formula is C12H22N4S. The Morgan fingerprint density at radius 2 is 2.06 bits per heavy atom. The summed E-state index contributed by atoms with van der Waals surface area (Å²) < 4.78 is 0. The summed E-state index contributed by atoms with van der Waals surface area (Å²) >= 11 is 1.75. The standard InChI is InChI=1S/C12H22N4S/c1-3-5-6-8-17-11-9-10(14-7-4-2)15-12(13)16-11/h9H,3-8H2,1-2H3,(H3,13,14,15,16). The van der Waals surface area contributed by atoms with Crippen molar-refractivity contribution in [2.24, 2.45) is 0 Å². The van der Waals surface area contributed by atoms with Crippen LogP contribution < -0.4 is 11.1 Å². The van der Waals surface area contributed by atoms with Gasteiger partial charge in [0.05, 0.1) is 0 Å². The molecule has 0 aromatic carbocycles. The maximum absolute atomic E-state index is 5.69. The summed E-state index contributed by atoms with van der Waals surface area (Å²) in [6.07, 6.45) is 4.82. The van der Waals surface area contributed by atoms with Crippen molar-refractivity contribution in [3.05, 3.63) is 6.07 Å². The van der Waals surface area contributed by atoms with Gasteiger partial charge in [-0.2, -0.15) is 4.98 Å². The van der Waals surface area contributed by atoms with Crippen molar-refractivity contribution in [2.75, 3.05) is 23.3 Å². The molecule has 1 rings (SSSR count). The number of aromatic nitrogens is 2. The molecule has 5 heteroatoms. The Morgan fingerprint density at radius 1 is 1.24 bits per heavy atom. The molecule has 0 atom stereocenters. The first-order chi connectivity index (χ1) is 8.26. The van der Waals surface area contributed by atoms with Crippen LogP contribution in [0, 0.1) is 0 Å². The average molecular weight is 254 g/mol. The largest absolute Gasteiger partial charge is 0.370 e. The molecule has 0 aliphatic rings. The second-order valence-corrected chi connectivity index (χ2v) is 5.05. The summed E-state index contributed by atoms with van der Waals surface area (Å²) in [5.41, 5.74) is 5.69. The minimum absolute atomic E-state index is 0.351. The fourth-order valence-electron chi connectivity index (χ4n) is 1.39. The molecule has 17 heavy (non-hydrogen) atoms. The van der Waals surface area contributed by atoms with Crippen molar-refractivity contribution in [1.29, 1.82) is 0 Å². The molecule has 0 aliphatic carbocycles. The lowest BCUT2D eigenvalue weighted by molar-refractivity contribution is 0.778. The third-order valence-corrected chi connectivity index (χ3v) is 3.27. The van der Waals surface area contributed by atoms with E-state index in [-0.39, 0.29) is 0 Å². The van der Waals surface area contributed by atoms with Crippen LogP contribution in [-0.2, 0) is 0 Å². The highest BCUT2D eigenvalue weighted by atomic mass is 32.2. The van der Waals surface area contributed by atoms with Crippen LogP contribution in [0.4, 0.5) is 11.8 Å². The number of nitrogens with zero attached hydrogens (tertiary/aromatic N) is 2. The average Bonchev–Trinajstić information content (AvgIpc) is 2.31. The van der Waals surface area contributed by atoms with E-state index in [2.05, 4.69) is 29.1 Å². The van der Waals surface area contributed by atoms with Gasteiger partial charge in [-0.25, -0.2) is 4.98 Å². The molecule has 0 amide bonds. The lowest BCUT2D eigenvalue weighted by Gasteiger charge is -2.07. The van der Waals surface area contributed by atoms with E-state index in [9.17, 15) is 0 Å². The van der Waals surface area contributed by atoms with Gasteiger partial charge in [0.25, 0.3) is 0 Å². The number of nitrogens with two attached hydrogens (primary N) is 1. The highest BCUT2D eigenvalue weighted by Gasteiger charge is 2.02. The number of rotatable bonds is 8. The van der Waals surface area contributed by atoms with E-state index in [0.29, 0.717) is 5.95 Å². The molecule has 96 valence electrons. The molecule has 0 spiro atoms. The Morgan fingerprint density at radius 3 is 2.76 bits per heavy atom. The quantitative estimate of drug-likeness (QED) is 0.424. The van der Waals surface area contributed by atoms with Gasteiger partial charge in [0.2, 0.25) is 5.95 Å². The first-order valence-corrected chi connectivity index (χ1v) is 7.26. The van der Waals surface area contributed by atoms with E-state index >= 15 is 0 Å². The Balaban J connectivity index is 2.50. The lowest BCUT2D eigenvalue weighted by Crippen LogP contribution is -2.05. The number of hydrogen-bond acceptors (Lipinski definition) is 5. The summed E-state index contributed by atoms with van der Waals surface area (Å²) in [7, 11) is 0. The normalized spacial score (nSPS) is 10.5. The van der Waals surface area contributed by atoms with Crippen LogP contribution in [0.25, 0.3) is 0 Å². The van der Waals surface area contributed by atoms with Gasteiger partial charge in [0.1, 0.15) is 10.8 Å². The molecule has 0 unspecified atom stereocenters. The second-order valence-electron chi connectivity index (χ2n) is 3.93. The maximum Gasteiger partial charge on any atom is 0.223 e. The molecule has 0 bridgehead atoms. The molecule has 0 fully saturated rings. The zero-order valence-electron chi connectivity index (χ0n) is 10.7. The van der Waals surface area contributed by atoms with E-state index in [4.69, 9.17) is 5.73 Å². The summed E-state index contributed by atoms with van der Waals surface area (Å²) in [4.78, 5) is 8.39. The van der Waals surface area contributed by atoms with Gasteiger partial charge in [-0.05, 0) is 18.6 Å². The number of thioether (sulfide) groups is 1. The topological polar surface area (TPSA) is 63.8 Å². The highest BCUT2D eigenvalue weighted by molar-refractivity contribution is 7.99. The fourth-order valence-corrected chi connectivity index (χ4v) is 2.30. The third kappa shape index (κ3) is 5.77. The Bertz CT molecular complexity index is 330. The predicted molar refractivity (Wildman–Crippen MR) is 75.5 cm³/mol. The molecule has 0 saturated heterocycles. The van der Waals surface area contributed by atoms with Crippen molar-refractivity contribution in [3.63, 3.8) is 0 Å². The van der Waals surface area contributed by atoms with Crippen molar-refractivity contribution in [3.8, 4) is 0 Å². The zero-order valence-corrected chi connectivity index (χ0v) is 11.5. The van der Waals surface area contributed by atoms with Crippen molar-refractivity contribution in [2.45, 2.75) is 44.6 Å². The minimum Gasteiger partial charge on any atom is -0.370 e. The maximum atomic E-state index is 5.69. The van der Waals surface area contributed by atoms with Crippen LogP contribution in [0.15, 0.2) is 11.1 Å². The van der Waals surface area contributed by atoms with Gasteiger partial charge >= 0.3 is 0 Å². The molecule has 0 saturated carbocycles. The van der Waals surface area contributed by atoms with Gasteiger partial charge in [0.15, 0.2) is 0 Å². The van der Waals surface area contributed by atoms with E-state index in [0.717, 1.165) is 29.6 Å². The highest BCUT2D eigenvalue weighted by Crippen LogP contribution is 2.20. The van der Waals surface area contributed by atoms with Crippen LogP contribution in [0.5, 0.6) is 0 Å². The van der Waals surface area contributed by atoms with Crippen molar-refractivity contribution < 1.29 is 0 Å². The minimum atomic E-state index is 0.351. The third-order valence-electron chi connectivity index (χ3n) is 2.27. The number of unbranched alkanes of at least 4 members (excludes halogenated alkanes) is 2. The summed E-state index contributed by atoms with van der Waals surface area (Å²) in [6, 6.07) is 1.97. The fraction of sp³-hybridized carbons (Fsp3) is 0.667.